The van der Waals surface area contributed by atoms with E-state index in [1.165, 1.54) is 12.8 Å². The van der Waals surface area contributed by atoms with Crippen LogP contribution in [0.2, 0.25) is 0 Å². The van der Waals surface area contributed by atoms with Gasteiger partial charge in [-0.1, -0.05) is 5.10 Å². The Balaban J connectivity index is 1.80. The third-order valence-electron chi connectivity index (χ3n) is 3.69. The van der Waals surface area contributed by atoms with Crippen LogP contribution in [0.15, 0.2) is 4.42 Å². The number of anilines is 1. The van der Waals surface area contributed by atoms with Crippen molar-refractivity contribution in [2.45, 2.75) is 25.8 Å². The Morgan fingerprint density at radius 3 is 2.47 bits per heavy atom. The highest BCUT2D eigenvalue weighted by Gasteiger charge is 2.40. The Hall–Kier alpha value is -1.10. The Morgan fingerprint density at radius 1 is 1.27 bits per heavy atom. The summed E-state index contributed by atoms with van der Waals surface area (Å²) in [7, 11) is 0. The number of aromatic nitrogens is 2. The van der Waals surface area contributed by atoms with Crippen molar-refractivity contribution in [1.29, 1.82) is 0 Å². The minimum absolute atomic E-state index is 0.380. The molecule has 3 rings (SSSR count). The van der Waals surface area contributed by atoms with Gasteiger partial charge in [-0.15, -0.1) is 5.10 Å². The van der Waals surface area contributed by atoms with Crippen LogP contribution in [0.3, 0.4) is 0 Å². The first kappa shape index (κ1) is 9.15. The second-order valence-electron chi connectivity index (χ2n) is 4.68. The van der Waals surface area contributed by atoms with Gasteiger partial charge in [0.25, 0.3) is 0 Å². The summed E-state index contributed by atoms with van der Waals surface area (Å²) in [5, 5.41) is 7.92. The highest BCUT2D eigenvalue weighted by atomic mass is 16.4. The van der Waals surface area contributed by atoms with Gasteiger partial charge in [-0.3, -0.25) is 0 Å². The molecule has 5 heteroatoms. The highest BCUT2D eigenvalue weighted by Crippen LogP contribution is 2.36. The maximum Gasteiger partial charge on any atom is 0.318 e. The zero-order valence-corrected chi connectivity index (χ0v) is 8.89. The van der Waals surface area contributed by atoms with Crippen molar-refractivity contribution in [2.24, 2.45) is 17.6 Å². The summed E-state index contributed by atoms with van der Waals surface area (Å²) in [4.78, 5) is 2.19. The van der Waals surface area contributed by atoms with E-state index in [1.807, 2.05) is 6.92 Å². The summed E-state index contributed by atoms with van der Waals surface area (Å²) in [5.74, 6) is 1.85. The smallest absolute Gasteiger partial charge is 0.318 e. The van der Waals surface area contributed by atoms with Gasteiger partial charge in [0.15, 0.2) is 0 Å². The van der Waals surface area contributed by atoms with Crippen molar-refractivity contribution in [2.75, 3.05) is 18.0 Å². The highest BCUT2D eigenvalue weighted by molar-refractivity contribution is 5.27. The first-order valence-corrected chi connectivity index (χ1v) is 5.54. The Labute approximate surface area is 88.6 Å². The number of nitrogens with zero attached hydrogens (tertiary/aromatic N) is 3. The standard InChI is InChI=1S/C10H16N4O/c1-6-12-13-10(15-6)14-4-7-2-3-8(5-14)9(7)11/h7-9H,2-5,11H2,1H3/t7-,8+,9+. The van der Waals surface area contributed by atoms with Crippen LogP contribution < -0.4 is 10.6 Å². The quantitative estimate of drug-likeness (QED) is 0.730. The molecule has 0 unspecified atom stereocenters. The first-order valence-electron chi connectivity index (χ1n) is 5.54. The molecule has 2 heterocycles. The lowest BCUT2D eigenvalue weighted by atomic mass is 9.93. The molecular formula is C10H16N4O. The molecule has 0 amide bonds. The molecule has 3 atom stereocenters. The van der Waals surface area contributed by atoms with E-state index in [9.17, 15) is 0 Å². The average molecular weight is 208 g/mol. The summed E-state index contributed by atoms with van der Waals surface area (Å²) in [6.45, 7) is 3.76. The van der Waals surface area contributed by atoms with Crippen LogP contribution in [0.25, 0.3) is 0 Å². The molecule has 2 fully saturated rings. The summed E-state index contributed by atoms with van der Waals surface area (Å²) < 4.78 is 5.45. The van der Waals surface area contributed by atoms with E-state index < -0.39 is 0 Å². The fourth-order valence-corrected chi connectivity index (χ4v) is 2.83. The Kier molecular flexibility index (Phi) is 1.95. The summed E-state index contributed by atoms with van der Waals surface area (Å²) in [6.07, 6.45) is 2.49. The third-order valence-corrected chi connectivity index (χ3v) is 3.69. The van der Waals surface area contributed by atoms with Crippen molar-refractivity contribution in [1.82, 2.24) is 10.2 Å². The molecule has 5 nitrogen and oxygen atoms in total. The van der Waals surface area contributed by atoms with E-state index in [1.54, 1.807) is 0 Å². The van der Waals surface area contributed by atoms with Crippen LogP contribution in [0.1, 0.15) is 18.7 Å². The summed E-state index contributed by atoms with van der Waals surface area (Å²) in [6, 6.07) is 1.04. The minimum atomic E-state index is 0.380. The van der Waals surface area contributed by atoms with E-state index in [-0.39, 0.29) is 0 Å². The predicted molar refractivity (Wildman–Crippen MR) is 55.4 cm³/mol. The van der Waals surface area contributed by atoms with Gasteiger partial charge < -0.3 is 15.1 Å². The zero-order chi connectivity index (χ0) is 10.4. The SMILES string of the molecule is Cc1nnc(N2C[C@H]3CC[C@@H](C2)[C@H]3N)o1. The number of hydrogen-bond acceptors (Lipinski definition) is 5. The Bertz CT molecular complexity index is 350. The lowest BCUT2D eigenvalue weighted by Crippen LogP contribution is -2.48. The van der Waals surface area contributed by atoms with E-state index in [0.29, 0.717) is 29.8 Å². The monoisotopic (exact) mass is 208 g/mol. The van der Waals surface area contributed by atoms with Crippen LogP contribution in [-0.4, -0.2) is 29.3 Å². The number of nitrogens with two attached hydrogens (primary N) is 1. The second-order valence-corrected chi connectivity index (χ2v) is 4.68. The molecule has 1 aromatic heterocycles. The van der Waals surface area contributed by atoms with Crippen molar-refractivity contribution < 1.29 is 4.42 Å². The molecule has 82 valence electrons. The maximum absolute atomic E-state index is 6.14. The number of hydrogen-bond donors (Lipinski definition) is 1. The molecule has 2 N–H and O–H groups in total. The molecule has 0 aromatic carbocycles. The minimum Gasteiger partial charge on any atom is -0.408 e. The van der Waals surface area contributed by atoms with Crippen LogP contribution >= 0.6 is 0 Å². The van der Waals surface area contributed by atoms with Crippen molar-refractivity contribution in [3.63, 3.8) is 0 Å². The van der Waals surface area contributed by atoms with Crippen LogP contribution in [0.4, 0.5) is 6.01 Å². The van der Waals surface area contributed by atoms with Gasteiger partial charge in [0.05, 0.1) is 0 Å². The average Bonchev–Trinajstić information content (AvgIpc) is 2.70. The van der Waals surface area contributed by atoms with E-state index in [4.69, 9.17) is 10.2 Å². The molecule has 1 saturated heterocycles. The van der Waals surface area contributed by atoms with Gasteiger partial charge in [-0.2, -0.15) is 0 Å². The molecule has 0 spiro atoms. The fraction of sp³-hybridized carbons (Fsp3) is 0.800. The van der Waals surface area contributed by atoms with Gasteiger partial charge in [-0.25, -0.2) is 0 Å². The fourth-order valence-electron chi connectivity index (χ4n) is 2.83. The lowest BCUT2D eigenvalue weighted by molar-refractivity contribution is 0.340. The molecule has 1 saturated carbocycles. The second kappa shape index (κ2) is 3.20. The molecule has 1 aliphatic heterocycles. The first-order chi connectivity index (χ1) is 7.24. The van der Waals surface area contributed by atoms with E-state index in [2.05, 4.69) is 15.1 Å². The lowest BCUT2D eigenvalue weighted by Gasteiger charge is -2.34. The maximum atomic E-state index is 6.14. The topological polar surface area (TPSA) is 68.2 Å². The number of piperidine rings is 1. The zero-order valence-electron chi connectivity index (χ0n) is 8.89. The van der Waals surface area contributed by atoms with Gasteiger partial charge in [-0.05, 0) is 24.7 Å². The molecule has 1 aliphatic carbocycles. The van der Waals surface area contributed by atoms with Crippen LogP contribution in [0.5, 0.6) is 0 Å². The van der Waals surface area contributed by atoms with Gasteiger partial charge in [0.2, 0.25) is 5.89 Å². The van der Waals surface area contributed by atoms with Gasteiger partial charge >= 0.3 is 6.01 Å². The third kappa shape index (κ3) is 1.42. The predicted octanol–water partition coefficient (Wildman–Crippen LogP) is 0.552. The van der Waals surface area contributed by atoms with Gasteiger partial charge in [0.1, 0.15) is 0 Å². The van der Waals surface area contributed by atoms with Crippen LogP contribution in [-0.2, 0) is 0 Å². The molecule has 0 radical (unpaired) electrons. The van der Waals surface area contributed by atoms with Crippen molar-refractivity contribution in [3.05, 3.63) is 5.89 Å². The molecular weight excluding hydrogens is 192 g/mol. The normalized spacial score (nSPS) is 34.8. The molecule has 15 heavy (non-hydrogen) atoms. The number of fused-ring (bicyclic) bond motifs is 2. The van der Waals surface area contributed by atoms with Crippen molar-refractivity contribution >= 4 is 6.01 Å². The Morgan fingerprint density at radius 2 is 1.93 bits per heavy atom. The van der Waals surface area contributed by atoms with E-state index in [0.717, 1.165) is 13.1 Å². The van der Waals surface area contributed by atoms with Crippen LogP contribution in [0, 0.1) is 18.8 Å². The van der Waals surface area contributed by atoms with Gasteiger partial charge in [0, 0.05) is 26.1 Å². The summed E-state index contributed by atoms with van der Waals surface area (Å²) in [5.41, 5.74) is 6.14. The molecule has 2 bridgehead atoms. The number of rotatable bonds is 1. The summed E-state index contributed by atoms with van der Waals surface area (Å²) >= 11 is 0. The molecule has 2 aliphatic rings. The largest absolute Gasteiger partial charge is 0.408 e. The molecule has 1 aromatic rings. The van der Waals surface area contributed by atoms with E-state index >= 15 is 0 Å². The van der Waals surface area contributed by atoms with Crippen molar-refractivity contribution in [3.8, 4) is 0 Å². The number of aryl methyl sites for hydroxylation is 1.